The third-order valence-electron chi connectivity index (χ3n) is 4.03. The van der Waals surface area contributed by atoms with Gasteiger partial charge in [-0.05, 0) is 81.1 Å². The van der Waals surface area contributed by atoms with Crippen molar-refractivity contribution in [1.29, 1.82) is 0 Å². The summed E-state index contributed by atoms with van der Waals surface area (Å²) < 4.78 is 11.4. The van der Waals surface area contributed by atoms with Gasteiger partial charge in [-0.2, -0.15) is 0 Å². The predicted molar refractivity (Wildman–Crippen MR) is 100 cm³/mol. The summed E-state index contributed by atoms with van der Waals surface area (Å²) in [6.07, 6.45) is -0.552. The topological polar surface area (TPSA) is 47.6 Å². The van der Waals surface area contributed by atoms with Crippen molar-refractivity contribution in [2.75, 3.05) is 13.2 Å². The molecule has 134 valence electrons. The van der Waals surface area contributed by atoms with Crippen LogP contribution in [0, 0.1) is 27.7 Å². The number of carbonyl (C=O) groups is 1. The SMILES string of the molecule is Cc1cc(C)cc(OCCNC(=O)[C@@H](C)Oc2ccc(C)c(C)c2)c1. The average molecular weight is 341 g/mol. The Kier molecular flexibility index (Phi) is 6.45. The molecule has 0 aliphatic heterocycles. The van der Waals surface area contributed by atoms with Gasteiger partial charge in [0, 0.05) is 0 Å². The maximum atomic E-state index is 12.1. The number of rotatable bonds is 7. The van der Waals surface area contributed by atoms with Gasteiger partial charge < -0.3 is 14.8 Å². The fourth-order valence-electron chi connectivity index (χ4n) is 2.55. The van der Waals surface area contributed by atoms with E-state index in [1.807, 2.05) is 58.0 Å². The first-order valence-corrected chi connectivity index (χ1v) is 8.58. The van der Waals surface area contributed by atoms with Gasteiger partial charge in [-0.1, -0.05) is 12.1 Å². The minimum absolute atomic E-state index is 0.151. The highest BCUT2D eigenvalue weighted by atomic mass is 16.5. The Labute approximate surface area is 150 Å². The monoisotopic (exact) mass is 341 g/mol. The van der Waals surface area contributed by atoms with E-state index in [-0.39, 0.29) is 5.91 Å². The lowest BCUT2D eigenvalue weighted by Crippen LogP contribution is -2.38. The lowest BCUT2D eigenvalue weighted by atomic mass is 10.1. The Morgan fingerprint density at radius 2 is 1.64 bits per heavy atom. The molecule has 0 saturated carbocycles. The maximum absolute atomic E-state index is 12.1. The molecule has 4 heteroatoms. The van der Waals surface area contributed by atoms with E-state index in [1.54, 1.807) is 6.92 Å². The van der Waals surface area contributed by atoms with Crippen LogP contribution in [0.25, 0.3) is 0 Å². The van der Waals surface area contributed by atoms with E-state index >= 15 is 0 Å². The van der Waals surface area contributed by atoms with Crippen LogP contribution in [0.3, 0.4) is 0 Å². The van der Waals surface area contributed by atoms with Crippen molar-refractivity contribution in [1.82, 2.24) is 5.32 Å². The van der Waals surface area contributed by atoms with Crippen molar-refractivity contribution in [2.45, 2.75) is 40.7 Å². The van der Waals surface area contributed by atoms with E-state index in [9.17, 15) is 4.79 Å². The highest BCUT2D eigenvalue weighted by molar-refractivity contribution is 5.80. The second-order valence-corrected chi connectivity index (χ2v) is 6.47. The molecule has 0 aliphatic carbocycles. The molecule has 4 nitrogen and oxygen atoms in total. The highest BCUT2D eigenvalue weighted by Crippen LogP contribution is 2.18. The zero-order valence-corrected chi connectivity index (χ0v) is 15.7. The largest absolute Gasteiger partial charge is 0.492 e. The lowest BCUT2D eigenvalue weighted by molar-refractivity contribution is -0.127. The van der Waals surface area contributed by atoms with Gasteiger partial charge in [0.05, 0.1) is 6.54 Å². The summed E-state index contributed by atoms with van der Waals surface area (Å²) in [5.41, 5.74) is 4.67. The number of amides is 1. The Hall–Kier alpha value is -2.49. The molecule has 0 radical (unpaired) electrons. The van der Waals surface area contributed by atoms with Gasteiger partial charge in [0.2, 0.25) is 0 Å². The molecule has 0 aliphatic rings. The zero-order chi connectivity index (χ0) is 18.4. The van der Waals surface area contributed by atoms with Crippen LogP contribution in [0.15, 0.2) is 36.4 Å². The molecule has 1 amide bonds. The molecule has 1 N–H and O–H groups in total. The molecule has 25 heavy (non-hydrogen) atoms. The summed E-state index contributed by atoms with van der Waals surface area (Å²) in [4.78, 5) is 12.1. The minimum atomic E-state index is -0.552. The van der Waals surface area contributed by atoms with Gasteiger partial charge in [0.1, 0.15) is 18.1 Å². The Morgan fingerprint density at radius 1 is 0.960 bits per heavy atom. The zero-order valence-electron chi connectivity index (χ0n) is 15.7. The normalized spacial score (nSPS) is 11.7. The molecule has 0 saturated heterocycles. The van der Waals surface area contributed by atoms with Crippen molar-refractivity contribution in [3.8, 4) is 11.5 Å². The molecule has 2 aromatic rings. The number of nitrogens with one attached hydrogen (secondary N) is 1. The molecular formula is C21H27NO3. The smallest absolute Gasteiger partial charge is 0.260 e. The van der Waals surface area contributed by atoms with E-state index in [4.69, 9.17) is 9.47 Å². The number of hydrogen-bond donors (Lipinski definition) is 1. The van der Waals surface area contributed by atoms with Crippen LogP contribution in [0.4, 0.5) is 0 Å². The molecule has 0 spiro atoms. The Balaban J connectivity index is 1.76. The fourth-order valence-corrected chi connectivity index (χ4v) is 2.55. The van der Waals surface area contributed by atoms with E-state index in [2.05, 4.69) is 11.4 Å². The summed E-state index contributed by atoms with van der Waals surface area (Å²) >= 11 is 0. The Morgan fingerprint density at radius 3 is 2.28 bits per heavy atom. The van der Waals surface area contributed by atoms with Gasteiger partial charge in [0.15, 0.2) is 6.10 Å². The van der Waals surface area contributed by atoms with Gasteiger partial charge >= 0.3 is 0 Å². The average Bonchev–Trinajstić information content (AvgIpc) is 2.54. The van der Waals surface area contributed by atoms with Crippen LogP contribution in [-0.2, 0) is 4.79 Å². The van der Waals surface area contributed by atoms with Crippen molar-refractivity contribution >= 4 is 5.91 Å². The standard InChI is InChI=1S/C21H27NO3/c1-14-10-15(2)12-20(11-14)24-9-8-22-21(23)18(5)25-19-7-6-16(3)17(4)13-19/h6-7,10-13,18H,8-9H2,1-5H3,(H,22,23)/t18-/m1/s1. The van der Waals surface area contributed by atoms with Gasteiger partial charge in [-0.3, -0.25) is 4.79 Å². The van der Waals surface area contributed by atoms with Crippen LogP contribution in [0.2, 0.25) is 0 Å². The van der Waals surface area contributed by atoms with E-state index < -0.39 is 6.10 Å². The number of aryl methyl sites for hydroxylation is 4. The fraction of sp³-hybridized carbons (Fsp3) is 0.381. The first kappa shape index (κ1) is 18.8. The van der Waals surface area contributed by atoms with E-state index in [0.717, 1.165) is 22.4 Å². The number of ether oxygens (including phenoxy) is 2. The number of hydrogen-bond acceptors (Lipinski definition) is 3. The maximum Gasteiger partial charge on any atom is 0.260 e. The quantitative estimate of drug-likeness (QED) is 0.778. The van der Waals surface area contributed by atoms with Crippen molar-refractivity contribution in [2.24, 2.45) is 0 Å². The molecule has 0 heterocycles. The van der Waals surface area contributed by atoms with Gasteiger partial charge in [-0.25, -0.2) is 0 Å². The van der Waals surface area contributed by atoms with Crippen LogP contribution >= 0.6 is 0 Å². The molecule has 2 rings (SSSR count). The first-order chi connectivity index (χ1) is 11.8. The summed E-state index contributed by atoms with van der Waals surface area (Å²) in [5.74, 6) is 1.38. The first-order valence-electron chi connectivity index (χ1n) is 8.58. The van der Waals surface area contributed by atoms with Crippen LogP contribution < -0.4 is 14.8 Å². The number of benzene rings is 2. The van der Waals surface area contributed by atoms with Crippen molar-refractivity contribution in [3.05, 3.63) is 58.7 Å². The molecule has 1 atom stereocenters. The van der Waals surface area contributed by atoms with Crippen molar-refractivity contribution in [3.63, 3.8) is 0 Å². The predicted octanol–water partition coefficient (Wildman–Crippen LogP) is 3.88. The molecule has 2 aromatic carbocycles. The molecular weight excluding hydrogens is 314 g/mol. The second kappa shape index (κ2) is 8.56. The molecule has 0 unspecified atom stereocenters. The van der Waals surface area contributed by atoms with Crippen LogP contribution in [0.1, 0.15) is 29.2 Å². The summed E-state index contributed by atoms with van der Waals surface area (Å²) in [7, 11) is 0. The second-order valence-electron chi connectivity index (χ2n) is 6.47. The number of carbonyl (C=O) groups excluding carboxylic acids is 1. The summed E-state index contributed by atoms with van der Waals surface area (Å²) in [6, 6.07) is 11.9. The van der Waals surface area contributed by atoms with E-state index in [1.165, 1.54) is 5.56 Å². The molecule has 0 bridgehead atoms. The highest BCUT2D eigenvalue weighted by Gasteiger charge is 2.14. The van der Waals surface area contributed by atoms with Gasteiger partial charge in [-0.15, -0.1) is 0 Å². The van der Waals surface area contributed by atoms with Crippen LogP contribution in [-0.4, -0.2) is 25.2 Å². The Bertz CT molecular complexity index is 720. The van der Waals surface area contributed by atoms with E-state index in [0.29, 0.717) is 18.9 Å². The van der Waals surface area contributed by atoms with Crippen LogP contribution in [0.5, 0.6) is 11.5 Å². The molecule has 0 aromatic heterocycles. The van der Waals surface area contributed by atoms with Gasteiger partial charge in [0.25, 0.3) is 5.91 Å². The van der Waals surface area contributed by atoms with Crippen molar-refractivity contribution < 1.29 is 14.3 Å². The lowest BCUT2D eigenvalue weighted by Gasteiger charge is -2.16. The third kappa shape index (κ3) is 5.82. The molecule has 0 fully saturated rings. The third-order valence-corrected chi connectivity index (χ3v) is 4.03. The minimum Gasteiger partial charge on any atom is -0.492 e. The summed E-state index contributed by atoms with van der Waals surface area (Å²) in [5, 5.41) is 2.84. The summed E-state index contributed by atoms with van der Waals surface area (Å²) in [6.45, 7) is 10.7.